The van der Waals surface area contributed by atoms with Crippen molar-refractivity contribution in [3.63, 3.8) is 0 Å². The van der Waals surface area contributed by atoms with Crippen molar-refractivity contribution in [2.75, 3.05) is 0 Å². The predicted octanol–water partition coefficient (Wildman–Crippen LogP) is 2.86. The highest BCUT2D eigenvalue weighted by atomic mass is 31.2. The first-order chi connectivity index (χ1) is 10.3. The Labute approximate surface area is 124 Å². The van der Waals surface area contributed by atoms with Gasteiger partial charge in [-0.3, -0.25) is 9.40 Å². The predicted molar refractivity (Wildman–Crippen MR) is 84.0 cm³/mol. The topological polar surface area (TPSA) is 29.5 Å². The third-order valence-corrected chi connectivity index (χ3v) is 6.98. The van der Waals surface area contributed by atoms with E-state index in [1.165, 1.54) is 0 Å². The Bertz CT molecular complexity index is 671. The van der Waals surface area contributed by atoms with Gasteiger partial charge in [-0.2, -0.15) is 0 Å². The third kappa shape index (κ3) is 2.01. The van der Waals surface area contributed by atoms with Gasteiger partial charge >= 0.3 is 0 Å². The first-order valence-electron chi connectivity index (χ1n) is 7.14. The summed E-state index contributed by atoms with van der Waals surface area (Å²) >= 11 is 0. The van der Waals surface area contributed by atoms with Crippen LogP contribution in [0.5, 0.6) is 0 Å². The lowest BCUT2D eigenvalue weighted by Crippen LogP contribution is -2.35. The number of fused-ring (bicyclic) bond motifs is 2. The fourth-order valence-corrected chi connectivity index (χ4v) is 5.77. The Morgan fingerprint density at radius 2 is 1.48 bits per heavy atom. The van der Waals surface area contributed by atoms with Crippen LogP contribution in [0.15, 0.2) is 72.8 Å². The van der Waals surface area contributed by atoms with Crippen molar-refractivity contribution < 1.29 is 9.40 Å². The first kappa shape index (κ1) is 13.0. The van der Waals surface area contributed by atoms with Gasteiger partial charge in [-0.1, -0.05) is 48.6 Å². The summed E-state index contributed by atoms with van der Waals surface area (Å²) in [6.45, 7) is 0. The van der Waals surface area contributed by atoms with Gasteiger partial charge in [0.2, 0.25) is 7.29 Å². The van der Waals surface area contributed by atoms with Crippen molar-refractivity contribution in [2.24, 2.45) is 0 Å². The fourth-order valence-electron chi connectivity index (χ4n) is 3.02. The van der Waals surface area contributed by atoms with Crippen LogP contribution < -0.4 is 10.6 Å². The van der Waals surface area contributed by atoms with Crippen LogP contribution in [-0.2, 0) is 9.40 Å². The summed E-state index contributed by atoms with van der Waals surface area (Å²) in [7, 11) is -2.95. The summed E-state index contributed by atoms with van der Waals surface area (Å²) in [5.41, 5.74) is 0. The summed E-state index contributed by atoms with van der Waals surface area (Å²) < 4.78 is 14.0. The summed E-state index contributed by atoms with van der Waals surface area (Å²) in [6, 6.07) is 19.4. The van der Waals surface area contributed by atoms with E-state index in [0.29, 0.717) is 0 Å². The van der Waals surface area contributed by atoms with E-state index in [1.54, 1.807) is 4.83 Å². The molecule has 1 fully saturated rings. The lowest BCUT2D eigenvalue weighted by Gasteiger charge is -2.32. The summed E-state index contributed by atoms with van der Waals surface area (Å²) in [4.78, 5) is 7.66. The van der Waals surface area contributed by atoms with Crippen LogP contribution in [0.3, 0.4) is 0 Å². The molecule has 2 atom stereocenters. The minimum Gasteiger partial charge on any atom is -0.294 e. The molecule has 106 valence electrons. The Morgan fingerprint density at radius 1 is 0.905 bits per heavy atom. The molecule has 2 aromatic carbocycles. The van der Waals surface area contributed by atoms with Crippen molar-refractivity contribution in [1.29, 1.82) is 0 Å². The van der Waals surface area contributed by atoms with Crippen LogP contribution >= 0.6 is 7.29 Å². The van der Waals surface area contributed by atoms with Gasteiger partial charge in [0.05, 0.1) is 12.1 Å². The van der Waals surface area contributed by atoms with Crippen molar-refractivity contribution in [3.05, 3.63) is 72.8 Å². The number of nitrogens with zero attached hydrogens (tertiary/aromatic N) is 1. The van der Waals surface area contributed by atoms with E-state index < -0.39 is 7.29 Å². The maximum absolute atomic E-state index is 14.0. The van der Waals surface area contributed by atoms with Crippen molar-refractivity contribution >= 4 is 17.9 Å². The molecule has 0 saturated carbocycles. The van der Waals surface area contributed by atoms with E-state index in [4.69, 9.17) is 4.84 Å². The van der Waals surface area contributed by atoms with E-state index >= 15 is 0 Å². The van der Waals surface area contributed by atoms with Gasteiger partial charge in [-0.25, -0.2) is 0 Å². The molecule has 2 aromatic rings. The van der Waals surface area contributed by atoms with Gasteiger partial charge < -0.3 is 0 Å². The number of hydrogen-bond donors (Lipinski definition) is 0. The standard InChI is InChI=1S/C17H16NO2P/c19-21(16-7-3-1-4-8-16,17-9-5-2-6-10-17)18-14-11-12-15(13-14)20-18/h1-12,14-15H,13H2. The van der Waals surface area contributed by atoms with Gasteiger partial charge in [0.15, 0.2) is 0 Å². The largest absolute Gasteiger partial charge is 0.294 e. The van der Waals surface area contributed by atoms with Crippen LogP contribution in [0.1, 0.15) is 6.42 Å². The minimum absolute atomic E-state index is 0.0655. The second-order valence-electron chi connectivity index (χ2n) is 5.38. The Hall–Kier alpha value is -1.67. The zero-order chi connectivity index (χ0) is 14.3. The molecule has 1 aliphatic heterocycles. The van der Waals surface area contributed by atoms with Crippen LogP contribution in [0, 0.1) is 0 Å². The van der Waals surface area contributed by atoms with E-state index in [2.05, 4.69) is 12.2 Å². The van der Waals surface area contributed by atoms with Crippen LogP contribution in [0.25, 0.3) is 0 Å². The minimum atomic E-state index is -2.95. The van der Waals surface area contributed by atoms with Crippen molar-refractivity contribution in [2.45, 2.75) is 18.6 Å². The van der Waals surface area contributed by atoms with Crippen LogP contribution in [0.4, 0.5) is 0 Å². The molecule has 0 radical (unpaired) electrons. The lowest BCUT2D eigenvalue weighted by atomic mass is 10.3. The maximum atomic E-state index is 14.0. The van der Waals surface area contributed by atoms with E-state index in [-0.39, 0.29) is 12.1 Å². The van der Waals surface area contributed by atoms with Gasteiger partial charge in [0, 0.05) is 17.0 Å². The second-order valence-corrected chi connectivity index (χ2v) is 7.96. The molecule has 0 spiro atoms. The van der Waals surface area contributed by atoms with Gasteiger partial charge in [-0.15, -0.1) is 4.83 Å². The van der Waals surface area contributed by atoms with Crippen molar-refractivity contribution in [3.8, 4) is 0 Å². The van der Waals surface area contributed by atoms with Gasteiger partial charge in [0.1, 0.15) is 0 Å². The first-order valence-corrected chi connectivity index (χ1v) is 8.80. The highest BCUT2D eigenvalue weighted by molar-refractivity contribution is 7.76. The highest BCUT2D eigenvalue weighted by Gasteiger charge is 2.47. The molecule has 1 heterocycles. The summed E-state index contributed by atoms with van der Waals surface area (Å²) in [6.07, 6.45) is 5.12. The summed E-state index contributed by atoms with van der Waals surface area (Å²) in [5, 5.41) is 1.63. The molecule has 21 heavy (non-hydrogen) atoms. The molecule has 2 bridgehead atoms. The smallest absolute Gasteiger partial charge is 0.229 e. The molecule has 3 nitrogen and oxygen atoms in total. The normalized spacial score (nSPS) is 24.6. The quantitative estimate of drug-likeness (QED) is 0.644. The molecule has 0 amide bonds. The Morgan fingerprint density at radius 3 is 1.90 bits per heavy atom. The van der Waals surface area contributed by atoms with E-state index in [0.717, 1.165) is 17.0 Å². The molecular formula is C17H16NO2P. The molecular weight excluding hydrogens is 281 g/mol. The molecule has 4 rings (SSSR count). The van der Waals surface area contributed by atoms with E-state index in [1.807, 2.05) is 60.7 Å². The number of hydrogen-bond acceptors (Lipinski definition) is 2. The maximum Gasteiger partial charge on any atom is 0.229 e. The van der Waals surface area contributed by atoms with Crippen molar-refractivity contribution in [1.82, 2.24) is 4.83 Å². The zero-order valence-electron chi connectivity index (χ0n) is 11.5. The molecule has 1 aliphatic carbocycles. The van der Waals surface area contributed by atoms with Crippen LogP contribution in [0.2, 0.25) is 0 Å². The molecule has 2 unspecified atom stereocenters. The number of rotatable bonds is 3. The molecule has 4 heteroatoms. The van der Waals surface area contributed by atoms with E-state index in [9.17, 15) is 4.57 Å². The van der Waals surface area contributed by atoms with Gasteiger partial charge in [0.25, 0.3) is 0 Å². The SMILES string of the molecule is O=P(c1ccccc1)(c1ccccc1)N1OC2C=CC1C2. The molecule has 0 aromatic heterocycles. The molecule has 1 saturated heterocycles. The third-order valence-electron chi connectivity index (χ3n) is 4.04. The lowest BCUT2D eigenvalue weighted by molar-refractivity contribution is -0.0747. The monoisotopic (exact) mass is 297 g/mol. The molecule has 0 N–H and O–H groups in total. The van der Waals surface area contributed by atoms with Gasteiger partial charge in [-0.05, 0) is 24.3 Å². The average molecular weight is 297 g/mol. The Balaban J connectivity index is 1.88. The highest BCUT2D eigenvalue weighted by Crippen LogP contribution is 2.54. The molecule has 2 aliphatic rings. The fraction of sp³-hybridized carbons (Fsp3) is 0.176. The summed E-state index contributed by atoms with van der Waals surface area (Å²) in [5.74, 6) is 0. The number of benzene rings is 2. The zero-order valence-corrected chi connectivity index (χ0v) is 12.4. The Kier molecular flexibility index (Phi) is 3.07. The van der Waals surface area contributed by atoms with Crippen LogP contribution in [-0.4, -0.2) is 17.0 Å². The average Bonchev–Trinajstić information content (AvgIpc) is 3.19. The number of hydroxylamine groups is 1. The second kappa shape index (κ2) is 4.96.